The Morgan fingerprint density at radius 3 is 2.09 bits per heavy atom. The van der Waals surface area contributed by atoms with Crippen LogP contribution in [0, 0.1) is 0 Å². The van der Waals surface area contributed by atoms with Crippen molar-refractivity contribution >= 4 is 17.3 Å². The van der Waals surface area contributed by atoms with Gasteiger partial charge in [0.2, 0.25) is 0 Å². The van der Waals surface area contributed by atoms with E-state index in [1.807, 2.05) is 12.1 Å². The number of nitrogens with one attached hydrogen (secondary N) is 1. The molecule has 0 saturated carbocycles. The molecule has 23 heavy (non-hydrogen) atoms. The zero-order chi connectivity index (χ0) is 16.8. The highest BCUT2D eigenvalue weighted by Gasteiger charge is 2.09. The van der Waals surface area contributed by atoms with Crippen LogP contribution in [-0.2, 0) is 0 Å². The number of hydrazone groups is 1. The second-order valence-electron chi connectivity index (χ2n) is 4.86. The van der Waals surface area contributed by atoms with Crippen LogP contribution in [0.2, 0.25) is 0 Å². The maximum atomic E-state index is 12.2. The van der Waals surface area contributed by atoms with Gasteiger partial charge in [0.05, 0.1) is 19.9 Å². The van der Waals surface area contributed by atoms with Crippen LogP contribution in [-0.4, -0.2) is 25.8 Å². The Balaban J connectivity index is 2.15. The van der Waals surface area contributed by atoms with E-state index < -0.39 is 0 Å². The first kappa shape index (κ1) is 16.4. The Hall–Kier alpha value is -3.02. The van der Waals surface area contributed by atoms with Gasteiger partial charge in [0.25, 0.3) is 5.91 Å². The summed E-state index contributed by atoms with van der Waals surface area (Å²) in [5.41, 5.74) is 10.8. The van der Waals surface area contributed by atoms with Gasteiger partial charge < -0.3 is 15.2 Å². The molecule has 0 aliphatic carbocycles. The number of carbonyl (C=O) groups excluding carboxylic acids is 1. The van der Waals surface area contributed by atoms with Crippen molar-refractivity contribution in [1.82, 2.24) is 5.43 Å². The minimum Gasteiger partial charge on any atom is -0.497 e. The number of benzene rings is 2. The molecule has 0 radical (unpaired) electrons. The SMILES string of the molecule is COc1cc(OC)cc(C(=O)N/N=C(/C)c2ccc(N)cc2)c1. The molecule has 0 fully saturated rings. The molecule has 2 aromatic rings. The Bertz CT molecular complexity index is 702. The summed E-state index contributed by atoms with van der Waals surface area (Å²) in [7, 11) is 3.06. The number of carbonyl (C=O) groups is 1. The van der Waals surface area contributed by atoms with Crippen molar-refractivity contribution in [2.24, 2.45) is 5.10 Å². The lowest BCUT2D eigenvalue weighted by atomic mass is 10.1. The van der Waals surface area contributed by atoms with E-state index in [1.165, 1.54) is 14.2 Å². The summed E-state index contributed by atoms with van der Waals surface area (Å²) in [6.45, 7) is 1.80. The van der Waals surface area contributed by atoms with E-state index in [2.05, 4.69) is 10.5 Å². The van der Waals surface area contributed by atoms with Gasteiger partial charge in [0, 0.05) is 17.3 Å². The van der Waals surface area contributed by atoms with Crippen molar-refractivity contribution < 1.29 is 14.3 Å². The van der Waals surface area contributed by atoms with Gasteiger partial charge in [-0.2, -0.15) is 5.10 Å². The molecule has 0 heterocycles. The Morgan fingerprint density at radius 1 is 1.00 bits per heavy atom. The van der Waals surface area contributed by atoms with Gasteiger partial charge in [-0.25, -0.2) is 5.43 Å². The first-order valence-electron chi connectivity index (χ1n) is 6.97. The normalized spacial score (nSPS) is 11.0. The molecule has 2 aromatic carbocycles. The van der Waals surface area contributed by atoms with Crippen LogP contribution in [0.5, 0.6) is 11.5 Å². The molecule has 0 aromatic heterocycles. The van der Waals surface area contributed by atoms with Crippen molar-refractivity contribution in [2.45, 2.75) is 6.92 Å². The van der Waals surface area contributed by atoms with Crippen molar-refractivity contribution in [3.05, 3.63) is 53.6 Å². The van der Waals surface area contributed by atoms with E-state index >= 15 is 0 Å². The van der Waals surface area contributed by atoms with Crippen LogP contribution in [0.15, 0.2) is 47.6 Å². The third-order valence-corrected chi connectivity index (χ3v) is 3.27. The summed E-state index contributed by atoms with van der Waals surface area (Å²) < 4.78 is 10.3. The molecular weight excluding hydrogens is 294 g/mol. The Labute approximate surface area is 134 Å². The molecule has 0 spiro atoms. The third kappa shape index (κ3) is 4.23. The summed E-state index contributed by atoms with van der Waals surface area (Å²) in [5, 5.41) is 4.11. The lowest BCUT2D eigenvalue weighted by molar-refractivity contribution is 0.0954. The number of nitrogens with two attached hydrogens (primary N) is 1. The van der Waals surface area contributed by atoms with Gasteiger partial charge in [-0.15, -0.1) is 0 Å². The molecule has 3 N–H and O–H groups in total. The molecule has 0 aliphatic rings. The van der Waals surface area contributed by atoms with E-state index in [1.54, 1.807) is 37.3 Å². The molecule has 0 bridgehead atoms. The average Bonchev–Trinajstić information content (AvgIpc) is 2.59. The zero-order valence-corrected chi connectivity index (χ0v) is 13.3. The fraction of sp³-hybridized carbons (Fsp3) is 0.176. The van der Waals surface area contributed by atoms with Gasteiger partial charge in [-0.1, -0.05) is 12.1 Å². The van der Waals surface area contributed by atoms with Crippen molar-refractivity contribution in [1.29, 1.82) is 0 Å². The highest BCUT2D eigenvalue weighted by Crippen LogP contribution is 2.22. The maximum absolute atomic E-state index is 12.2. The maximum Gasteiger partial charge on any atom is 0.271 e. The molecule has 6 nitrogen and oxygen atoms in total. The van der Waals surface area contributed by atoms with Gasteiger partial charge in [0.1, 0.15) is 11.5 Å². The predicted molar refractivity (Wildman–Crippen MR) is 90.1 cm³/mol. The third-order valence-electron chi connectivity index (χ3n) is 3.27. The smallest absolute Gasteiger partial charge is 0.271 e. The number of anilines is 1. The highest BCUT2D eigenvalue weighted by atomic mass is 16.5. The predicted octanol–water partition coefficient (Wildman–Crippen LogP) is 2.44. The van der Waals surface area contributed by atoms with Crippen molar-refractivity contribution in [3.8, 4) is 11.5 Å². The number of ether oxygens (including phenoxy) is 2. The number of hydrogen-bond donors (Lipinski definition) is 2. The number of rotatable bonds is 5. The summed E-state index contributed by atoms with van der Waals surface area (Å²) in [4.78, 5) is 12.2. The largest absolute Gasteiger partial charge is 0.497 e. The topological polar surface area (TPSA) is 85.9 Å². The molecule has 6 heteroatoms. The molecule has 120 valence electrons. The first-order chi connectivity index (χ1) is 11.0. The minimum absolute atomic E-state index is 0.350. The van der Waals surface area contributed by atoms with Crippen LogP contribution in [0.4, 0.5) is 5.69 Å². The number of nitrogens with zero attached hydrogens (tertiary/aromatic N) is 1. The molecule has 0 unspecified atom stereocenters. The zero-order valence-electron chi connectivity index (χ0n) is 13.3. The summed E-state index contributed by atoms with van der Waals surface area (Å²) in [6, 6.07) is 12.2. The number of hydrogen-bond acceptors (Lipinski definition) is 5. The minimum atomic E-state index is -0.350. The van der Waals surface area contributed by atoms with E-state index in [9.17, 15) is 4.79 Å². The highest BCUT2D eigenvalue weighted by molar-refractivity contribution is 6.01. The lowest BCUT2D eigenvalue weighted by Gasteiger charge is -2.08. The summed E-state index contributed by atoms with van der Waals surface area (Å²) in [5.74, 6) is 0.722. The average molecular weight is 313 g/mol. The number of methoxy groups -OCH3 is 2. The monoisotopic (exact) mass is 313 g/mol. The fourth-order valence-corrected chi connectivity index (χ4v) is 1.93. The van der Waals surface area contributed by atoms with E-state index in [0.717, 1.165) is 5.56 Å². The standard InChI is InChI=1S/C17H19N3O3/c1-11(12-4-6-14(18)7-5-12)19-20-17(21)13-8-15(22-2)10-16(9-13)23-3/h4-10H,18H2,1-3H3,(H,20,21)/b19-11-. The molecular formula is C17H19N3O3. The number of amides is 1. The van der Waals surface area contributed by atoms with Crippen LogP contribution < -0.4 is 20.6 Å². The van der Waals surface area contributed by atoms with E-state index in [-0.39, 0.29) is 5.91 Å². The quantitative estimate of drug-likeness (QED) is 0.504. The molecule has 0 saturated heterocycles. The summed E-state index contributed by atoms with van der Waals surface area (Å²) in [6.07, 6.45) is 0. The van der Waals surface area contributed by atoms with Gasteiger partial charge in [-0.3, -0.25) is 4.79 Å². The lowest BCUT2D eigenvalue weighted by Crippen LogP contribution is -2.19. The Kier molecular flexibility index (Phi) is 5.19. The van der Waals surface area contributed by atoms with E-state index in [0.29, 0.717) is 28.5 Å². The van der Waals surface area contributed by atoms with Gasteiger partial charge >= 0.3 is 0 Å². The van der Waals surface area contributed by atoms with Crippen molar-refractivity contribution in [3.63, 3.8) is 0 Å². The molecule has 1 amide bonds. The van der Waals surface area contributed by atoms with Crippen LogP contribution >= 0.6 is 0 Å². The van der Waals surface area contributed by atoms with E-state index in [4.69, 9.17) is 15.2 Å². The fourth-order valence-electron chi connectivity index (χ4n) is 1.93. The number of nitrogen functional groups attached to an aromatic ring is 1. The van der Waals surface area contributed by atoms with Gasteiger partial charge in [-0.05, 0) is 36.8 Å². The second kappa shape index (κ2) is 7.31. The second-order valence-corrected chi connectivity index (χ2v) is 4.86. The Morgan fingerprint density at radius 2 is 1.57 bits per heavy atom. The van der Waals surface area contributed by atoms with Crippen LogP contribution in [0.1, 0.15) is 22.8 Å². The molecule has 2 rings (SSSR count). The molecule has 0 aliphatic heterocycles. The molecule has 0 atom stereocenters. The first-order valence-corrected chi connectivity index (χ1v) is 6.97. The van der Waals surface area contributed by atoms with Crippen molar-refractivity contribution in [2.75, 3.05) is 20.0 Å². The van der Waals surface area contributed by atoms with Crippen LogP contribution in [0.3, 0.4) is 0 Å². The van der Waals surface area contributed by atoms with Gasteiger partial charge in [0.15, 0.2) is 0 Å². The van der Waals surface area contributed by atoms with Crippen LogP contribution in [0.25, 0.3) is 0 Å². The summed E-state index contributed by atoms with van der Waals surface area (Å²) >= 11 is 0.